The van der Waals surface area contributed by atoms with Crippen molar-refractivity contribution >= 4 is 28.5 Å². The molecule has 1 aliphatic carbocycles. The minimum absolute atomic E-state index is 0. The Hall–Kier alpha value is -0.410. The quantitative estimate of drug-likeness (QED) is 0.760. The highest BCUT2D eigenvalue weighted by atomic mass is 35.5. The summed E-state index contributed by atoms with van der Waals surface area (Å²) in [6.07, 6.45) is 6.25. The highest BCUT2D eigenvalue weighted by molar-refractivity contribution is 7.86. The van der Waals surface area contributed by atoms with E-state index < -0.39 is 10.2 Å². The lowest BCUT2D eigenvalue weighted by molar-refractivity contribution is -0.136. The standard InChI is InChI=1S/C16H30N4O3S.ClH/c1-18(15-5-3-2-4-6-15)24(22,23)20-11-9-19(10-12-20)16(21)14-7-8-17-13-14;/h14-15,17H,2-13H2,1H3;1H. The van der Waals surface area contributed by atoms with Crippen LogP contribution in [-0.2, 0) is 15.0 Å². The van der Waals surface area contributed by atoms with Crippen molar-refractivity contribution in [1.82, 2.24) is 18.8 Å². The molecule has 1 amide bonds. The molecule has 1 unspecified atom stereocenters. The summed E-state index contributed by atoms with van der Waals surface area (Å²) in [5.74, 6) is 0.246. The largest absolute Gasteiger partial charge is 0.340 e. The smallest absolute Gasteiger partial charge is 0.282 e. The summed E-state index contributed by atoms with van der Waals surface area (Å²) in [6.45, 7) is 3.48. The lowest BCUT2D eigenvalue weighted by Crippen LogP contribution is -2.56. The molecule has 146 valence electrons. The maximum absolute atomic E-state index is 12.9. The zero-order chi connectivity index (χ0) is 17.2. The first-order valence-electron chi connectivity index (χ1n) is 9.23. The number of hydrogen-bond donors (Lipinski definition) is 1. The van der Waals surface area contributed by atoms with Crippen molar-refractivity contribution < 1.29 is 13.2 Å². The highest BCUT2D eigenvalue weighted by Gasteiger charge is 2.36. The Bertz CT molecular complexity index is 540. The molecule has 0 aromatic heterocycles. The Morgan fingerprint density at radius 2 is 1.68 bits per heavy atom. The number of carbonyl (C=O) groups excluding carboxylic acids is 1. The van der Waals surface area contributed by atoms with Crippen molar-refractivity contribution in [1.29, 1.82) is 0 Å². The van der Waals surface area contributed by atoms with E-state index in [1.807, 2.05) is 4.90 Å². The van der Waals surface area contributed by atoms with Gasteiger partial charge in [-0.25, -0.2) is 0 Å². The molecule has 2 saturated heterocycles. The Labute approximate surface area is 157 Å². The van der Waals surface area contributed by atoms with E-state index in [4.69, 9.17) is 0 Å². The van der Waals surface area contributed by atoms with E-state index in [0.717, 1.165) is 45.2 Å². The molecular formula is C16H31ClN4O3S. The number of amides is 1. The van der Waals surface area contributed by atoms with Crippen LogP contribution in [0.5, 0.6) is 0 Å². The van der Waals surface area contributed by atoms with Crippen LogP contribution in [-0.4, -0.2) is 80.2 Å². The van der Waals surface area contributed by atoms with Gasteiger partial charge in [0.25, 0.3) is 10.2 Å². The van der Waals surface area contributed by atoms with E-state index in [2.05, 4.69) is 5.32 Å². The normalized spacial score (nSPS) is 26.6. The van der Waals surface area contributed by atoms with Crippen molar-refractivity contribution in [2.24, 2.45) is 5.92 Å². The summed E-state index contributed by atoms with van der Waals surface area (Å²) in [5.41, 5.74) is 0. The third kappa shape index (κ3) is 4.66. The van der Waals surface area contributed by atoms with Crippen molar-refractivity contribution in [2.45, 2.75) is 44.6 Å². The van der Waals surface area contributed by atoms with Crippen molar-refractivity contribution in [3.63, 3.8) is 0 Å². The van der Waals surface area contributed by atoms with Gasteiger partial charge < -0.3 is 10.2 Å². The average molecular weight is 395 g/mol. The van der Waals surface area contributed by atoms with Crippen LogP contribution in [0.15, 0.2) is 0 Å². The molecule has 9 heteroatoms. The fourth-order valence-electron chi connectivity index (χ4n) is 4.08. The van der Waals surface area contributed by atoms with Crippen molar-refractivity contribution in [3.8, 4) is 0 Å². The number of nitrogens with one attached hydrogen (secondary N) is 1. The van der Waals surface area contributed by atoms with Crippen molar-refractivity contribution in [3.05, 3.63) is 0 Å². The summed E-state index contributed by atoms with van der Waals surface area (Å²) in [5, 5.41) is 3.22. The molecule has 2 aliphatic heterocycles. The van der Waals surface area contributed by atoms with Gasteiger partial charge >= 0.3 is 0 Å². The Morgan fingerprint density at radius 1 is 1.04 bits per heavy atom. The third-order valence-corrected chi connectivity index (χ3v) is 7.78. The van der Waals surface area contributed by atoms with Gasteiger partial charge in [0.05, 0.1) is 5.92 Å². The SMILES string of the molecule is CN(C1CCCCC1)S(=O)(=O)N1CCN(C(=O)C2CCNC2)CC1.Cl. The molecule has 7 nitrogen and oxygen atoms in total. The van der Waals surface area contributed by atoms with Gasteiger partial charge in [-0.3, -0.25) is 4.79 Å². The highest BCUT2D eigenvalue weighted by Crippen LogP contribution is 2.25. The maximum Gasteiger partial charge on any atom is 0.282 e. The Kier molecular flexibility index (Phi) is 7.52. The number of carbonyl (C=O) groups is 1. The van der Waals surface area contributed by atoms with E-state index in [1.165, 1.54) is 6.42 Å². The molecule has 3 rings (SSSR count). The summed E-state index contributed by atoms with van der Waals surface area (Å²) in [4.78, 5) is 14.3. The summed E-state index contributed by atoms with van der Waals surface area (Å²) in [6, 6.07) is 0.132. The minimum Gasteiger partial charge on any atom is -0.340 e. The molecule has 1 N–H and O–H groups in total. The molecule has 0 aromatic carbocycles. The van der Waals surface area contributed by atoms with Crippen LogP contribution < -0.4 is 5.32 Å². The van der Waals surface area contributed by atoms with Gasteiger partial charge in [-0.2, -0.15) is 17.0 Å². The van der Waals surface area contributed by atoms with Crippen LogP contribution in [0.4, 0.5) is 0 Å². The lowest BCUT2D eigenvalue weighted by Gasteiger charge is -2.39. The second-order valence-electron chi connectivity index (χ2n) is 7.23. The van der Waals surface area contributed by atoms with E-state index in [9.17, 15) is 13.2 Å². The van der Waals surface area contributed by atoms with Gasteiger partial charge in [-0.15, -0.1) is 12.4 Å². The average Bonchev–Trinajstić information content (AvgIpc) is 3.16. The summed E-state index contributed by atoms with van der Waals surface area (Å²) < 4.78 is 28.8. The number of rotatable bonds is 4. The molecule has 3 aliphatic rings. The Balaban J connectivity index is 0.00000225. The van der Waals surface area contributed by atoms with Crippen molar-refractivity contribution in [2.75, 3.05) is 46.3 Å². The minimum atomic E-state index is -3.41. The monoisotopic (exact) mass is 394 g/mol. The van der Waals surface area contributed by atoms with Gasteiger partial charge in [0.1, 0.15) is 0 Å². The second kappa shape index (κ2) is 8.99. The van der Waals surface area contributed by atoms with Gasteiger partial charge in [0.2, 0.25) is 5.91 Å². The molecular weight excluding hydrogens is 364 g/mol. The molecule has 2 heterocycles. The van der Waals surface area contributed by atoms with Gasteiger partial charge in [0, 0.05) is 45.8 Å². The molecule has 0 bridgehead atoms. The molecule has 3 fully saturated rings. The van der Waals surface area contributed by atoms with Crippen LogP contribution in [0, 0.1) is 5.92 Å². The number of hydrogen-bond acceptors (Lipinski definition) is 4. The molecule has 0 radical (unpaired) electrons. The maximum atomic E-state index is 12.9. The van der Waals surface area contributed by atoms with E-state index in [-0.39, 0.29) is 30.3 Å². The molecule has 1 atom stereocenters. The first-order valence-corrected chi connectivity index (χ1v) is 10.6. The van der Waals surface area contributed by atoms with Crippen LogP contribution in [0.1, 0.15) is 38.5 Å². The van der Waals surface area contributed by atoms with Crippen LogP contribution >= 0.6 is 12.4 Å². The summed E-state index contributed by atoms with van der Waals surface area (Å²) >= 11 is 0. The van der Waals surface area contributed by atoms with Gasteiger partial charge in [-0.1, -0.05) is 19.3 Å². The van der Waals surface area contributed by atoms with Crippen LogP contribution in [0.2, 0.25) is 0 Å². The molecule has 0 spiro atoms. The van der Waals surface area contributed by atoms with E-state index in [0.29, 0.717) is 26.2 Å². The molecule has 0 aromatic rings. The zero-order valence-electron chi connectivity index (χ0n) is 15.0. The summed E-state index contributed by atoms with van der Waals surface area (Å²) in [7, 11) is -1.70. The fourth-order valence-corrected chi connectivity index (χ4v) is 5.65. The number of halogens is 1. The number of nitrogens with zero attached hydrogens (tertiary/aromatic N) is 3. The first kappa shape index (κ1) is 20.9. The fraction of sp³-hybridized carbons (Fsp3) is 0.938. The van der Waals surface area contributed by atoms with Gasteiger partial charge in [-0.05, 0) is 25.8 Å². The second-order valence-corrected chi connectivity index (χ2v) is 9.22. The third-order valence-electron chi connectivity index (χ3n) is 5.74. The molecule has 1 saturated carbocycles. The Morgan fingerprint density at radius 3 is 2.24 bits per heavy atom. The molecule has 25 heavy (non-hydrogen) atoms. The predicted octanol–water partition coefficient (Wildman–Crippen LogP) is 0.671. The first-order chi connectivity index (χ1) is 11.5. The van der Waals surface area contributed by atoms with E-state index >= 15 is 0 Å². The zero-order valence-corrected chi connectivity index (χ0v) is 16.7. The van der Waals surface area contributed by atoms with Crippen LogP contribution in [0.3, 0.4) is 0 Å². The van der Waals surface area contributed by atoms with Crippen LogP contribution in [0.25, 0.3) is 0 Å². The lowest BCUT2D eigenvalue weighted by atomic mass is 9.96. The topological polar surface area (TPSA) is 73.0 Å². The number of piperazine rings is 1. The van der Waals surface area contributed by atoms with E-state index in [1.54, 1.807) is 15.7 Å². The van der Waals surface area contributed by atoms with Gasteiger partial charge in [0.15, 0.2) is 0 Å². The predicted molar refractivity (Wildman–Crippen MR) is 99.9 cm³/mol.